The summed E-state index contributed by atoms with van der Waals surface area (Å²) in [5.41, 5.74) is 3.37. The first-order chi connectivity index (χ1) is 10.7. The predicted molar refractivity (Wildman–Crippen MR) is 88.8 cm³/mol. The Hall–Kier alpha value is -1.84. The number of rotatable bonds is 6. The largest absolute Gasteiger partial charge is 0.352 e. The average molecular weight is 302 g/mol. The summed E-state index contributed by atoms with van der Waals surface area (Å²) in [5, 5.41) is 2.94. The van der Waals surface area contributed by atoms with Crippen LogP contribution in [0, 0.1) is 0 Å². The average Bonchev–Trinajstić information content (AvgIpc) is 2.52. The molecule has 4 nitrogen and oxygen atoms in total. The molecule has 0 spiro atoms. The number of nitrogens with zero attached hydrogens (tertiary/aromatic N) is 1. The van der Waals surface area contributed by atoms with Gasteiger partial charge in [-0.25, -0.2) is 0 Å². The van der Waals surface area contributed by atoms with Gasteiger partial charge in [-0.2, -0.15) is 0 Å². The number of carbonyl (C=O) groups excluding carboxylic acids is 2. The van der Waals surface area contributed by atoms with Crippen LogP contribution in [0.5, 0.6) is 0 Å². The molecule has 0 aromatic heterocycles. The third-order valence-electron chi connectivity index (χ3n) is 3.99. The topological polar surface area (TPSA) is 49.4 Å². The van der Waals surface area contributed by atoms with Gasteiger partial charge in [0.1, 0.15) is 0 Å². The van der Waals surface area contributed by atoms with Crippen molar-refractivity contribution < 1.29 is 9.59 Å². The second kappa shape index (κ2) is 7.97. The van der Waals surface area contributed by atoms with E-state index < -0.39 is 0 Å². The number of fused-ring (bicyclic) bond motifs is 1. The lowest BCUT2D eigenvalue weighted by atomic mass is 9.98. The minimum Gasteiger partial charge on any atom is -0.352 e. The molecule has 0 radical (unpaired) electrons. The Morgan fingerprint density at radius 3 is 2.68 bits per heavy atom. The lowest BCUT2D eigenvalue weighted by Crippen LogP contribution is -2.35. The van der Waals surface area contributed by atoms with E-state index in [4.69, 9.17) is 0 Å². The maximum atomic E-state index is 12.2. The minimum absolute atomic E-state index is 0.0972. The van der Waals surface area contributed by atoms with Gasteiger partial charge < -0.3 is 10.2 Å². The van der Waals surface area contributed by atoms with Crippen LogP contribution in [0.2, 0.25) is 0 Å². The molecular weight excluding hydrogens is 276 g/mol. The van der Waals surface area contributed by atoms with Crippen LogP contribution in [0.1, 0.15) is 57.1 Å². The number of nitrogens with one attached hydrogen (secondary N) is 1. The molecule has 2 rings (SSSR count). The standard InChI is InChI=1S/C18H26N2O2/c1-3-6-17(21)19-13-14-9-10-16-15(12-14)8-5-11-20(16)18(22)7-4-2/h9-10,12H,3-8,11,13H2,1-2H3,(H,19,21). The first-order valence-corrected chi connectivity index (χ1v) is 8.34. The summed E-state index contributed by atoms with van der Waals surface area (Å²) in [4.78, 5) is 25.7. The summed E-state index contributed by atoms with van der Waals surface area (Å²) in [7, 11) is 0. The summed E-state index contributed by atoms with van der Waals surface area (Å²) >= 11 is 0. The summed E-state index contributed by atoms with van der Waals surface area (Å²) < 4.78 is 0. The van der Waals surface area contributed by atoms with Crippen LogP contribution >= 0.6 is 0 Å². The van der Waals surface area contributed by atoms with Gasteiger partial charge in [0, 0.05) is 31.6 Å². The van der Waals surface area contributed by atoms with E-state index in [0.29, 0.717) is 19.4 Å². The van der Waals surface area contributed by atoms with Crippen molar-refractivity contribution in [3.8, 4) is 0 Å². The molecule has 0 atom stereocenters. The summed E-state index contributed by atoms with van der Waals surface area (Å²) in [6, 6.07) is 6.18. The highest BCUT2D eigenvalue weighted by atomic mass is 16.2. The number of benzene rings is 1. The second-order valence-corrected chi connectivity index (χ2v) is 5.89. The Morgan fingerprint density at radius 2 is 1.95 bits per heavy atom. The van der Waals surface area contributed by atoms with Crippen molar-refractivity contribution in [1.29, 1.82) is 0 Å². The molecule has 2 amide bonds. The lowest BCUT2D eigenvalue weighted by molar-refractivity contribution is -0.121. The quantitative estimate of drug-likeness (QED) is 0.877. The fourth-order valence-corrected chi connectivity index (χ4v) is 2.88. The third-order valence-corrected chi connectivity index (χ3v) is 3.99. The fourth-order valence-electron chi connectivity index (χ4n) is 2.88. The summed E-state index contributed by atoms with van der Waals surface area (Å²) in [6.07, 6.45) is 4.94. The highest BCUT2D eigenvalue weighted by Gasteiger charge is 2.21. The van der Waals surface area contributed by atoms with Gasteiger partial charge in [0.2, 0.25) is 11.8 Å². The Morgan fingerprint density at radius 1 is 1.18 bits per heavy atom. The van der Waals surface area contributed by atoms with Gasteiger partial charge >= 0.3 is 0 Å². The van der Waals surface area contributed by atoms with E-state index in [0.717, 1.165) is 43.5 Å². The Balaban J connectivity index is 2.07. The Bertz CT molecular complexity index is 540. The lowest BCUT2D eigenvalue weighted by Gasteiger charge is -2.30. The molecule has 1 aliphatic heterocycles. The monoisotopic (exact) mass is 302 g/mol. The molecule has 4 heteroatoms. The predicted octanol–water partition coefficient (Wildman–Crippen LogP) is 3.18. The molecule has 120 valence electrons. The van der Waals surface area contributed by atoms with Crippen molar-refractivity contribution >= 4 is 17.5 Å². The molecule has 1 N–H and O–H groups in total. The number of carbonyl (C=O) groups is 2. The maximum absolute atomic E-state index is 12.2. The highest BCUT2D eigenvalue weighted by Crippen LogP contribution is 2.28. The molecule has 0 saturated carbocycles. The van der Waals surface area contributed by atoms with Crippen molar-refractivity contribution in [2.75, 3.05) is 11.4 Å². The Labute approximate surface area is 132 Å². The zero-order valence-corrected chi connectivity index (χ0v) is 13.7. The van der Waals surface area contributed by atoms with E-state index in [1.807, 2.05) is 30.9 Å². The van der Waals surface area contributed by atoms with E-state index in [2.05, 4.69) is 11.4 Å². The summed E-state index contributed by atoms with van der Waals surface area (Å²) in [6.45, 7) is 5.42. The molecule has 0 fully saturated rings. The Kier molecular flexibility index (Phi) is 5.99. The van der Waals surface area contributed by atoms with Crippen molar-refractivity contribution in [1.82, 2.24) is 5.32 Å². The van der Waals surface area contributed by atoms with Crippen molar-refractivity contribution in [3.05, 3.63) is 29.3 Å². The van der Waals surface area contributed by atoms with Gasteiger partial charge in [0.25, 0.3) is 0 Å². The van der Waals surface area contributed by atoms with Crippen LogP contribution < -0.4 is 10.2 Å². The number of anilines is 1. The van der Waals surface area contributed by atoms with Gasteiger partial charge in [-0.3, -0.25) is 9.59 Å². The molecule has 1 aliphatic rings. The molecule has 0 unspecified atom stereocenters. The van der Waals surface area contributed by atoms with E-state index >= 15 is 0 Å². The number of hydrogen-bond acceptors (Lipinski definition) is 2. The van der Waals surface area contributed by atoms with Crippen LogP contribution in [0.25, 0.3) is 0 Å². The van der Waals surface area contributed by atoms with E-state index in [-0.39, 0.29) is 11.8 Å². The van der Waals surface area contributed by atoms with Gasteiger partial charge in [0.05, 0.1) is 0 Å². The maximum Gasteiger partial charge on any atom is 0.226 e. The minimum atomic E-state index is 0.0972. The molecule has 22 heavy (non-hydrogen) atoms. The molecule has 1 aromatic rings. The smallest absolute Gasteiger partial charge is 0.226 e. The molecule has 0 saturated heterocycles. The summed E-state index contributed by atoms with van der Waals surface area (Å²) in [5.74, 6) is 0.312. The van der Waals surface area contributed by atoms with Crippen LogP contribution in [0.4, 0.5) is 5.69 Å². The van der Waals surface area contributed by atoms with E-state index in [1.54, 1.807) is 0 Å². The first-order valence-electron chi connectivity index (χ1n) is 8.34. The van der Waals surface area contributed by atoms with Crippen LogP contribution in [0.15, 0.2) is 18.2 Å². The van der Waals surface area contributed by atoms with Gasteiger partial charge in [-0.05, 0) is 42.9 Å². The van der Waals surface area contributed by atoms with Crippen molar-refractivity contribution in [2.45, 2.75) is 58.9 Å². The number of hydrogen-bond donors (Lipinski definition) is 1. The van der Waals surface area contributed by atoms with E-state index in [1.165, 1.54) is 5.56 Å². The first kappa shape index (κ1) is 16.5. The number of aryl methyl sites for hydroxylation is 1. The fraction of sp³-hybridized carbons (Fsp3) is 0.556. The SMILES string of the molecule is CCCC(=O)NCc1ccc2c(c1)CCCN2C(=O)CCC. The second-order valence-electron chi connectivity index (χ2n) is 5.89. The molecule has 1 heterocycles. The van der Waals surface area contributed by atoms with Gasteiger partial charge in [0.15, 0.2) is 0 Å². The van der Waals surface area contributed by atoms with E-state index in [9.17, 15) is 9.59 Å². The third kappa shape index (κ3) is 4.09. The zero-order chi connectivity index (χ0) is 15.9. The molecular formula is C18H26N2O2. The zero-order valence-electron chi connectivity index (χ0n) is 13.7. The highest BCUT2D eigenvalue weighted by molar-refractivity contribution is 5.94. The van der Waals surface area contributed by atoms with Crippen molar-refractivity contribution in [3.63, 3.8) is 0 Å². The van der Waals surface area contributed by atoms with Crippen LogP contribution in [0.3, 0.4) is 0 Å². The van der Waals surface area contributed by atoms with Crippen LogP contribution in [-0.4, -0.2) is 18.4 Å². The molecule has 0 aliphatic carbocycles. The van der Waals surface area contributed by atoms with Crippen molar-refractivity contribution in [2.24, 2.45) is 0 Å². The van der Waals surface area contributed by atoms with Crippen LogP contribution in [-0.2, 0) is 22.6 Å². The van der Waals surface area contributed by atoms with Gasteiger partial charge in [-0.15, -0.1) is 0 Å². The normalized spacial score (nSPS) is 13.6. The molecule has 0 bridgehead atoms. The number of amides is 2. The molecule has 1 aromatic carbocycles. The van der Waals surface area contributed by atoms with Gasteiger partial charge in [-0.1, -0.05) is 26.0 Å².